The highest BCUT2D eigenvalue weighted by Gasteiger charge is 2.20. The minimum Gasteiger partial charge on any atom is -0.338 e. The molecule has 28 heavy (non-hydrogen) atoms. The van der Waals surface area contributed by atoms with Crippen LogP contribution in [0.25, 0.3) is 0 Å². The van der Waals surface area contributed by atoms with Gasteiger partial charge in [0.1, 0.15) is 5.82 Å². The van der Waals surface area contributed by atoms with Crippen molar-refractivity contribution in [2.24, 2.45) is 0 Å². The van der Waals surface area contributed by atoms with Crippen LogP contribution in [0, 0.1) is 13.8 Å². The number of benzene rings is 1. The second-order valence-corrected chi connectivity index (χ2v) is 9.25. The van der Waals surface area contributed by atoms with Crippen molar-refractivity contribution in [1.29, 1.82) is 0 Å². The van der Waals surface area contributed by atoms with Crippen molar-refractivity contribution in [3.05, 3.63) is 47.8 Å². The standard InChI is InChI=1S/C19H23N5O3S/c1-12(2)28(25,26)16-8-6-7-15(11-16)21-19-20-10-9-17(22-19)24(5)18-13(3)14(4)23-27-18/h6-12H,1-5H3,(H,20,21,22). The van der Waals surface area contributed by atoms with E-state index in [1.165, 1.54) is 0 Å². The van der Waals surface area contributed by atoms with Crippen LogP contribution in [0.15, 0.2) is 45.9 Å². The number of sulfone groups is 1. The highest BCUT2D eigenvalue weighted by molar-refractivity contribution is 7.92. The summed E-state index contributed by atoms with van der Waals surface area (Å²) in [5.74, 6) is 1.56. The van der Waals surface area contributed by atoms with Gasteiger partial charge in [-0.05, 0) is 52.0 Å². The molecule has 0 radical (unpaired) electrons. The van der Waals surface area contributed by atoms with E-state index >= 15 is 0 Å². The number of hydrogen-bond donors (Lipinski definition) is 1. The summed E-state index contributed by atoms with van der Waals surface area (Å²) < 4.78 is 30.2. The first-order chi connectivity index (χ1) is 13.2. The third-order valence-corrected chi connectivity index (χ3v) is 6.61. The number of nitrogens with zero attached hydrogens (tertiary/aromatic N) is 4. The smallest absolute Gasteiger partial charge is 0.235 e. The van der Waals surface area contributed by atoms with Gasteiger partial charge in [-0.25, -0.2) is 13.4 Å². The van der Waals surface area contributed by atoms with Gasteiger partial charge in [-0.2, -0.15) is 4.98 Å². The van der Waals surface area contributed by atoms with Gasteiger partial charge in [0.15, 0.2) is 9.84 Å². The maximum Gasteiger partial charge on any atom is 0.235 e. The van der Waals surface area contributed by atoms with Crippen LogP contribution in [0.4, 0.5) is 23.3 Å². The second kappa shape index (κ2) is 7.59. The molecule has 0 aliphatic rings. The van der Waals surface area contributed by atoms with E-state index in [1.54, 1.807) is 55.3 Å². The SMILES string of the molecule is Cc1noc(N(C)c2ccnc(Nc3cccc(S(=O)(=O)C(C)C)c3)n2)c1C. The quantitative estimate of drug-likeness (QED) is 0.666. The van der Waals surface area contributed by atoms with Crippen LogP contribution in [-0.4, -0.2) is 35.8 Å². The Morgan fingerprint density at radius 3 is 2.57 bits per heavy atom. The topological polar surface area (TPSA) is 101 Å². The van der Waals surface area contributed by atoms with Crippen LogP contribution in [0.5, 0.6) is 0 Å². The molecule has 0 fully saturated rings. The number of nitrogens with one attached hydrogen (secondary N) is 1. The monoisotopic (exact) mass is 401 g/mol. The number of hydrogen-bond acceptors (Lipinski definition) is 8. The Kier molecular flexibility index (Phi) is 5.37. The Bertz CT molecular complexity index is 1090. The fraction of sp³-hybridized carbons (Fsp3) is 0.316. The summed E-state index contributed by atoms with van der Waals surface area (Å²) >= 11 is 0. The van der Waals surface area contributed by atoms with Crippen LogP contribution in [0.1, 0.15) is 25.1 Å². The molecular formula is C19H23N5O3S. The van der Waals surface area contributed by atoms with Crippen molar-refractivity contribution in [2.45, 2.75) is 37.8 Å². The van der Waals surface area contributed by atoms with Crippen molar-refractivity contribution in [1.82, 2.24) is 15.1 Å². The van der Waals surface area contributed by atoms with Gasteiger partial charge >= 0.3 is 0 Å². The summed E-state index contributed by atoms with van der Waals surface area (Å²) in [4.78, 5) is 10.7. The van der Waals surface area contributed by atoms with Gasteiger partial charge in [-0.1, -0.05) is 11.2 Å². The highest BCUT2D eigenvalue weighted by atomic mass is 32.2. The number of anilines is 4. The Balaban J connectivity index is 1.87. The third-order valence-electron chi connectivity index (χ3n) is 4.46. The van der Waals surface area contributed by atoms with Gasteiger partial charge in [0.25, 0.3) is 0 Å². The highest BCUT2D eigenvalue weighted by Crippen LogP contribution is 2.28. The first-order valence-electron chi connectivity index (χ1n) is 8.80. The molecule has 0 bridgehead atoms. The maximum absolute atomic E-state index is 12.4. The summed E-state index contributed by atoms with van der Waals surface area (Å²) in [6, 6.07) is 8.37. The van der Waals surface area contributed by atoms with E-state index in [0.717, 1.165) is 11.3 Å². The molecule has 0 aliphatic carbocycles. The van der Waals surface area contributed by atoms with Crippen molar-refractivity contribution >= 4 is 33.2 Å². The van der Waals surface area contributed by atoms with E-state index < -0.39 is 15.1 Å². The molecule has 2 aromatic heterocycles. The first kappa shape index (κ1) is 19.8. The van der Waals surface area contributed by atoms with Gasteiger partial charge < -0.3 is 9.84 Å². The summed E-state index contributed by atoms with van der Waals surface area (Å²) in [5.41, 5.74) is 2.34. The fourth-order valence-electron chi connectivity index (χ4n) is 2.57. The number of aryl methyl sites for hydroxylation is 1. The molecule has 148 valence electrons. The van der Waals surface area contributed by atoms with Gasteiger partial charge in [0, 0.05) is 24.5 Å². The predicted octanol–water partition coefficient (Wildman–Crippen LogP) is 3.78. The molecule has 1 aromatic carbocycles. The van der Waals surface area contributed by atoms with Crippen molar-refractivity contribution in [2.75, 3.05) is 17.3 Å². The number of rotatable bonds is 6. The van der Waals surface area contributed by atoms with Crippen molar-refractivity contribution in [3.63, 3.8) is 0 Å². The number of aromatic nitrogens is 3. The van der Waals surface area contributed by atoms with E-state index in [1.807, 2.05) is 20.9 Å². The minimum atomic E-state index is -3.36. The largest absolute Gasteiger partial charge is 0.338 e. The first-order valence-corrected chi connectivity index (χ1v) is 10.4. The van der Waals surface area contributed by atoms with Crippen LogP contribution < -0.4 is 10.2 Å². The zero-order valence-electron chi connectivity index (χ0n) is 16.5. The lowest BCUT2D eigenvalue weighted by molar-refractivity contribution is 0.420. The average molecular weight is 401 g/mol. The van der Waals surface area contributed by atoms with Crippen LogP contribution in [-0.2, 0) is 9.84 Å². The molecule has 0 unspecified atom stereocenters. The molecule has 0 atom stereocenters. The molecule has 3 aromatic rings. The lowest BCUT2D eigenvalue weighted by Crippen LogP contribution is -2.14. The summed E-state index contributed by atoms with van der Waals surface area (Å²) in [7, 11) is -1.53. The van der Waals surface area contributed by atoms with E-state index in [0.29, 0.717) is 23.3 Å². The normalized spacial score (nSPS) is 11.6. The molecule has 2 heterocycles. The van der Waals surface area contributed by atoms with Gasteiger partial charge in [-0.3, -0.25) is 4.90 Å². The second-order valence-electron chi connectivity index (χ2n) is 6.74. The fourth-order valence-corrected chi connectivity index (χ4v) is 3.67. The minimum absolute atomic E-state index is 0.258. The molecular weight excluding hydrogens is 378 g/mol. The van der Waals surface area contributed by atoms with Crippen LogP contribution in [0.2, 0.25) is 0 Å². The van der Waals surface area contributed by atoms with E-state index in [4.69, 9.17) is 4.52 Å². The Morgan fingerprint density at radius 1 is 1.18 bits per heavy atom. The molecule has 8 nitrogen and oxygen atoms in total. The maximum atomic E-state index is 12.4. The Morgan fingerprint density at radius 2 is 1.93 bits per heavy atom. The van der Waals surface area contributed by atoms with Gasteiger partial charge in [0.05, 0.1) is 15.8 Å². The van der Waals surface area contributed by atoms with Gasteiger partial charge in [-0.15, -0.1) is 0 Å². The molecule has 9 heteroatoms. The van der Waals surface area contributed by atoms with E-state index in [9.17, 15) is 8.42 Å². The predicted molar refractivity (Wildman–Crippen MR) is 108 cm³/mol. The zero-order chi connectivity index (χ0) is 20.5. The Hall–Kier alpha value is -2.94. The lowest BCUT2D eigenvalue weighted by atomic mass is 10.3. The van der Waals surface area contributed by atoms with E-state index in [-0.39, 0.29) is 4.90 Å². The van der Waals surface area contributed by atoms with Gasteiger partial charge in [0.2, 0.25) is 11.8 Å². The molecule has 0 saturated carbocycles. The molecule has 0 saturated heterocycles. The molecule has 1 N–H and O–H groups in total. The van der Waals surface area contributed by atoms with Crippen molar-refractivity contribution < 1.29 is 12.9 Å². The summed E-state index contributed by atoms with van der Waals surface area (Å²) in [6.07, 6.45) is 1.62. The van der Waals surface area contributed by atoms with Crippen LogP contribution >= 0.6 is 0 Å². The zero-order valence-corrected chi connectivity index (χ0v) is 17.3. The average Bonchev–Trinajstić information content (AvgIpc) is 3.00. The molecule has 0 amide bonds. The van der Waals surface area contributed by atoms with E-state index in [2.05, 4.69) is 20.4 Å². The molecule has 3 rings (SSSR count). The summed E-state index contributed by atoms with van der Waals surface area (Å²) in [6.45, 7) is 7.12. The third kappa shape index (κ3) is 3.84. The van der Waals surface area contributed by atoms with Crippen LogP contribution in [0.3, 0.4) is 0 Å². The lowest BCUT2D eigenvalue weighted by Gasteiger charge is -2.16. The summed E-state index contributed by atoms with van der Waals surface area (Å²) in [5, 5.41) is 6.53. The molecule has 0 aliphatic heterocycles. The Labute approximate surface area is 164 Å². The molecule has 0 spiro atoms. The van der Waals surface area contributed by atoms with Crippen molar-refractivity contribution in [3.8, 4) is 0 Å².